The Bertz CT molecular complexity index is 510. The van der Waals surface area contributed by atoms with Crippen molar-refractivity contribution >= 4 is 34.4 Å². The number of rotatable bonds is 4. The number of carbonyl (C=O) groups is 3. The molecule has 0 fully saturated rings. The van der Waals surface area contributed by atoms with Crippen molar-refractivity contribution in [3.8, 4) is 0 Å². The van der Waals surface area contributed by atoms with Gasteiger partial charge in [-0.25, -0.2) is 9.78 Å². The van der Waals surface area contributed by atoms with E-state index in [2.05, 4.69) is 15.6 Å². The third-order valence-electron chi connectivity index (χ3n) is 2.28. The lowest BCUT2D eigenvalue weighted by Gasteiger charge is -2.17. The number of thiazole rings is 1. The van der Waals surface area contributed by atoms with Gasteiger partial charge in [-0.3, -0.25) is 20.2 Å². The van der Waals surface area contributed by atoms with Crippen LogP contribution >= 0.6 is 11.3 Å². The van der Waals surface area contributed by atoms with Crippen molar-refractivity contribution in [3.05, 3.63) is 11.1 Å². The van der Waals surface area contributed by atoms with Gasteiger partial charge < -0.3 is 5.11 Å². The van der Waals surface area contributed by atoms with Gasteiger partial charge >= 0.3 is 12.0 Å². The van der Waals surface area contributed by atoms with Crippen LogP contribution in [0.5, 0.6) is 0 Å². The Morgan fingerprint density at radius 3 is 2.53 bits per heavy atom. The van der Waals surface area contributed by atoms with E-state index in [1.54, 1.807) is 6.20 Å². The lowest BCUT2D eigenvalue weighted by molar-refractivity contribution is -0.149. The van der Waals surface area contributed by atoms with Gasteiger partial charge in [-0.1, -0.05) is 0 Å². The van der Waals surface area contributed by atoms with E-state index in [0.29, 0.717) is 5.13 Å². The number of carboxylic acids is 1. The molecule has 7 nitrogen and oxygen atoms in total. The summed E-state index contributed by atoms with van der Waals surface area (Å²) < 4.78 is 0. The van der Waals surface area contributed by atoms with Crippen molar-refractivity contribution < 1.29 is 19.5 Å². The third-order valence-corrected chi connectivity index (χ3v) is 3.10. The first-order chi connectivity index (χ1) is 8.70. The van der Waals surface area contributed by atoms with E-state index in [1.807, 2.05) is 6.92 Å². The number of amides is 3. The zero-order valence-electron chi connectivity index (χ0n) is 10.8. The predicted molar refractivity (Wildman–Crippen MR) is 70.0 cm³/mol. The number of hydrogen-bond acceptors (Lipinski definition) is 5. The molecule has 1 rings (SSSR count). The Hall–Kier alpha value is -1.96. The summed E-state index contributed by atoms with van der Waals surface area (Å²) in [5.74, 6) is -1.75. The van der Waals surface area contributed by atoms with Gasteiger partial charge in [-0.15, -0.1) is 11.3 Å². The van der Waals surface area contributed by atoms with E-state index in [-0.39, 0.29) is 6.42 Å². The van der Waals surface area contributed by atoms with Crippen LogP contribution in [-0.4, -0.2) is 28.0 Å². The molecule has 0 radical (unpaired) electrons. The van der Waals surface area contributed by atoms with Crippen LogP contribution in [0.25, 0.3) is 0 Å². The molecule has 19 heavy (non-hydrogen) atoms. The van der Waals surface area contributed by atoms with Crippen LogP contribution in [0.1, 0.15) is 25.1 Å². The second-order valence-electron chi connectivity index (χ2n) is 4.64. The average molecular weight is 285 g/mol. The maximum absolute atomic E-state index is 11.5. The van der Waals surface area contributed by atoms with Crippen LogP contribution in [0, 0.1) is 12.3 Å². The topological polar surface area (TPSA) is 108 Å². The van der Waals surface area contributed by atoms with E-state index in [1.165, 1.54) is 25.2 Å². The van der Waals surface area contributed by atoms with Crippen molar-refractivity contribution in [2.75, 3.05) is 5.32 Å². The van der Waals surface area contributed by atoms with E-state index >= 15 is 0 Å². The zero-order chi connectivity index (χ0) is 14.6. The normalized spacial score (nSPS) is 10.9. The maximum Gasteiger partial charge on any atom is 0.327 e. The monoisotopic (exact) mass is 285 g/mol. The largest absolute Gasteiger partial charge is 0.481 e. The van der Waals surface area contributed by atoms with Crippen molar-refractivity contribution in [1.29, 1.82) is 0 Å². The molecule has 0 aliphatic heterocycles. The Balaban J connectivity index is 2.49. The maximum atomic E-state index is 11.5. The fraction of sp³-hybridized carbons (Fsp3) is 0.455. The molecule has 8 heteroatoms. The predicted octanol–water partition coefficient (Wildman–Crippen LogP) is 1.60. The van der Waals surface area contributed by atoms with E-state index in [9.17, 15) is 14.4 Å². The molecule has 0 aliphatic carbocycles. The summed E-state index contributed by atoms with van der Waals surface area (Å²) in [6.45, 7) is 4.66. The van der Waals surface area contributed by atoms with Gasteiger partial charge in [0.05, 0.1) is 5.41 Å². The van der Waals surface area contributed by atoms with Crippen molar-refractivity contribution in [3.63, 3.8) is 0 Å². The summed E-state index contributed by atoms with van der Waals surface area (Å²) in [7, 11) is 0. The molecule has 0 aromatic carbocycles. The van der Waals surface area contributed by atoms with Crippen LogP contribution in [0.4, 0.5) is 9.93 Å². The molecule has 0 unspecified atom stereocenters. The van der Waals surface area contributed by atoms with Crippen molar-refractivity contribution in [1.82, 2.24) is 10.3 Å². The van der Waals surface area contributed by atoms with Crippen LogP contribution in [-0.2, 0) is 9.59 Å². The van der Waals surface area contributed by atoms with Gasteiger partial charge in [0.2, 0.25) is 5.91 Å². The molecule has 0 saturated carbocycles. The number of aliphatic carboxylic acids is 1. The van der Waals surface area contributed by atoms with Crippen LogP contribution < -0.4 is 10.6 Å². The Morgan fingerprint density at radius 2 is 2.05 bits per heavy atom. The van der Waals surface area contributed by atoms with E-state index < -0.39 is 23.3 Å². The summed E-state index contributed by atoms with van der Waals surface area (Å²) in [5.41, 5.74) is -1.22. The number of carbonyl (C=O) groups excluding carboxylic acids is 2. The number of imide groups is 1. The van der Waals surface area contributed by atoms with Crippen LogP contribution in [0.2, 0.25) is 0 Å². The molecule has 0 saturated heterocycles. The van der Waals surface area contributed by atoms with Gasteiger partial charge in [0.25, 0.3) is 0 Å². The zero-order valence-corrected chi connectivity index (χ0v) is 11.6. The number of nitrogens with one attached hydrogen (secondary N) is 2. The summed E-state index contributed by atoms with van der Waals surface area (Å²) >= 11 is 1.27. The highest BCUT2D eigenvalue weighted by Crippen LogP contribution is 2.20. The molecule has 0 aliphatic rings. The van der Waals surface area contributed by atoms with Gasteiger partial charge in [0.15, 0.2) is 5.13 Å². The average Bonchev–Trinajstić information content (AvgIpc) is 2.61. The van der Waals surface area contributed by atoms with Crippen LogP contribution in [0.3, 0.4) is 0 Å². The fourth-order valence-corrected chi connectivity index (χ4v) is 1.85. The summed E-state index contributed by atoms with van der Waals surface area (Å²) in [4.78, 5) is 38.7. The number of anilines is 1. The Kier molecular flexibility index (Phi) is 4.60. The number of hydrogen-bond donors (Lipinski definition) is 3. The minimum absolute atomic E-state index is 0.285. The molecule has 1 aromatic heterocycles. The quantitative estimate of drug-likeness (QED) is 0.778. The molecule has 0 atom stereocenters. The molecule has 0 bridgehead atoms. The second-order valence-corrected chi connectivity index (χ2v) is 5.88. The minimum Gasteiger partial charge on any atom is -0.481 e. The number of urea groups is 1. The standard InChI is InChI=1S/C11H15N3O4S/c1-6-5-12-10(19-6)14-9(18)13-7(15)4-11(2,3)8(16)17/h5H,4H2,1-3H3,(H,16,17)(H2,12,13,14,15,18). The molecule has 1 aromatic rings. The minimum atomic E-state index is -1.22. The summed E-state index contributed by atoms with van der Waals surface area (Å²) in [6, 6.07) is -0.722. The Labute approximate surface area is 114 Å². The van der Waals surface area contributed by atoms with Crippen molar-refractivity contribution in [2.45, 2.75) is 27.2 Å². The first kappa shape index (κ1) is 15.1. The first-order valence-electron chi connectivity index (χ1n) is 5.47. The number of aryl methyl sites for hydroxylation is 1. The highest BCUT2D eigenvalue weighted by Gasteiger charge is 2.30. The summed E-state index contributed by atoms with van der Waals surface area (Å²) in [5, 5.41) is 13.7. The van der Waals surface area contributed by atoms with E-state index in [0.717, 1.165) is 4.88 Å². The van der Waals surface area contributed by atoms with Gasteiger partial charge in [-0.05, 0) is 20.8 Å². The summed E-state index contributed by atoms with van der Waals surface area (Å²) in [6.07, 6.45) is 1.31. The number of aromatic nitrogens is 1. The third kappa shape index (κ3) is 4.66. The lowest BCUT2D eigenvalue weighted by atomic mass is 9.89. The van der Waals surface area contributed by atoms with E-state index in [4.69, 9.17) is 5.11 Å². The highest BCUT2D eigenvalue weighted by atomic mass is 32.1. The molecule has 1 heterocycles. The van der Waals surface area contributed by atoms with Crippen molar-refractivity contribution in [2.24, 2.45) is 5.41 Å². The second kappa shape index (κ2) is 5.79. The molecular weight excluding hydrogens is 270 g/mol. The first-order valence-corrected chi connectivity index (χ1v) is 6.29. The number of carboxylic acid groups (broad SMARTS) is 1. The molecule has 3 N–H and O–H groups in total. The van der Waals surface area contributed by atoms with Gasteiger partial charge in [0.1, 0.15) is 0 Å². The Morgan fingerprint density at radius 1 is 1.42 bits per heavy atom. The number of nitrogens with zero attached hydrogens (tertiary/aromatic N) is 1. The van der Waals surface area contributed by atoms with Gasteiger partial charge in [0, 0.05) is 17.5 Å². The van der Waals surface area contributed by atoms with Crippen LogP contribution in [0.15, 0.2) is 6.20 Å². The smallest absolute Gasteiger partial charge is 0.327 e. The fourth-order valence-electron chi connectivity index (χ4n) is 1.19. The molecule has 3 amide bonds. The lowest BCUT2D eigenvalue weighted by Crippen LogP contribution is -2.38. The highest BCUT2D eigenvalue weighted by molar-refractivity contribution is 7.15. The molecule has 104 valence electrons. The van der Waals surface area contributed by atoms with Gasteiger partial charge in [-0.2, -0.15) is 0 Å². The molecular formula is C11H15N3O4S. The molecule has 0 spiro atoms. The SMILES string of the molecule is Cc1cnc(NC(=O)NC(=O)CC(C)(C)C(=O)O)s1.